The fourth-order valence-electron chi connectivity index (χ4n) is 7.26. The van der Waals surface area contributed by atoms with Crippen LogP contribution in [0.4, 0.5) is 0 Å². The molecule has 0 spiro atoms. The highest BCUT2D eigenvalue weighted by Crippen LogP contribution is 2.41. The number of aromatic nitrogens is 1. The first-order chi connectivity index (χ1) is 23.2. The SMILES string of the molecule is N#Cc1cc(-c2ccc3c(c2)oc2ccccc23)cc2c1oc1c(-n3c4ccccc4c4ccc(-c5ccccc5)cc43)cccc12. The number of benzene rings is 7. The van der Waals surface area contributed by atoms with Crippen LogP contribution in [0, 0.1) is 11.3 Å². The third-order valence-electron chi connectivity index (χ3n) is 9.43. The predicted octanol–water partition coefficient (Wildman–Crippen LogP) is 11.8. The van der Waals surface area contributed by atoms with E-state index in [0.717, 1.165) is 71.7 Å². The molecule has 3 aromatic heterocycles. The number of nitriles is 1. The molecule has 0 saturated carbocycles. The van der Waals surface area contributed by atoms with Gasteiger partial charge in [-0.3, -0.25) is 0 Å². The van der Waals surface area contributed by atoms with Gasteiger partial charge in [0, 0.05) is 32.3 Å². The van der Waals surface area contributed by atoms with Gasteiger partial charge >= 0.3 is 0 Å². The molecule has 4 nitrogen and oxygen atoms in total. The Kier molecular flexibility index (Phi) is 5.32. The second-order valence-corrected chi connectivity index (χ2v) is 12.0. The molecule has 0 radical (unpaired) electrons. The van der Waals surface area contributed by atoms with Crippen molar-refractivity contribution in [2.75, 3.05) is 0 Å². The summed E-state index contributed by atoms with van der Waals surface area (Å²) in [6.45, 7) is 0. The molecule has 0 N–H and O–H groups in total. The van der Waals surface area contributed by atoms with Gasteiger partial charge in [-0.25, -0.2) is 0 Å². The van der Waals surface area contributed by atoms with Crippen molar-refractivity contribution in [2.24, 2.45) is 0 Å². The van der Waals surface area contributed by atoms with Crippen LogP contribution in [-0.4, -0.2) is 4.57 Å². The van der Waals surface area contributed by atoms with Gasteiger partial charge in [-0.2, -0.15) is 5.26 Å². The molecule has 0 saturated heterocycles. The smallest absolute Gasteiger partial charge is 0.159 e. The highest BCUT2D eigenvalue weighted by atomic mass is 16.3. The summed E-state index contributed by atoms with van der Waals surface area (Å²) in [5, 5.41) is 16.7. The molecule has 10 rings (SSSR count). The maximum absolute atomic E-state index is 10.3. The number of nitrogens with zero attached hydrogens (tertiary/aromatic N) is 2. The zero-order valence-corrected chi connectivity index (χ0v) is 25.1. The molecular formula is C43H24N2O2. The second kappa shape index (κ2) is 9.71. The maximum Gasteiger partial charge on any atom is 0.159 e. The maximum atomic E-state index is 10.3. The highest BCUT2D eigenvalue weighted by molar-refractivity contribution is 6.14. The van der Waals surface area contributed by atoms with Crippen LogP contribution < -0.4 is 0 Å². The van der Waals surface area contributed by atoms with E-state index in [9.17, 15) is 5.26 Å². The van der Waals surface area contributed by atoms with Gasteiger partial charge in [-0.1, -0.05) is 97.1 Å². The van der Waals surface area contributed by atoms with Gasteiger partial charge in [-0.05, 0) is 70.8 Å². The van der Waals surface area contributed by atoms with Gasteiger partial charge in [0.2, 0.25) is 0 Å². The largest absolute Gasteiger partial charge is 0.456 e. The molecule has 0 fully saturated rings. The molecule has 0 aliphatic heterocycles. The third-order valence-corrected chi connectivity index (χ3v) is 9.43. The van der Waals surface area contributed by atoms with Gasteiger partial charge in [0.1, 0.15) is 17.2 Å². The second-order valence-electron chi connectivity index (χ2n) is 12.0. The van der Waals surface area contributed by atoms with Crippen LogP contribution in [0.3, 0.4) is 0 Å². The molecule has 0 aliphatic carbocycles. The van der Waals surface area contributed by atoms with Crippen LogP contribution in [0.25, 0.3) is 93.6 Å². The molecule has 218 valence electrons. The third kappa shape index (κ3) is 3.75. The van der Waals surface area contributed by atoms with E-state index < -0.39 is 0 Å². The zero-order valence-electron chi connectivity index (χ0n) is 25.1. The standard InChI is InChI=1S/C43H24N2O2/c44-25-30-21-29(28-18-20-34-33-12-5-7-16-40(33)46-41(34)24-28)22-36-35-13-8-15-38(43(35)47-42(30)36)45-37-14-6-4-11-31(37)32-19-17-27(23-39(32)45)26-9-2-1-3-10-26/h1-24H. The highest BCUT2D eigenvalue weighted by Gasteiger charge is 2.20. The number of hydrogen-bond donors (Lipinski definition) is 0. The lowest BCUT2D eigenvalue weighted by Gasteiger charge is -2.09. The van der Waals surface area contributed by atoms with Crippen LogP contribution >= 0.6 is 0 Å². The summed E-state index contributed by atoms with van der Waals surface area (Å²) < 4.78 is 15.2. The van der Waals surface area contributed by atoms with E-state index in [-0.39, 0.29) is 0 Å². The Morgan fingerprint density at radius 1 is 0.426 bits per heavy atom. The summed E-state index contributed by atoms with van der Waals surface area (Å²) >= 11 is 0. The van der Waals surface area contributed by atoms with E-state index >= 15 is 0 Å². The lowest BCUT2D eigenvalue weighted by Crippen LogP contribution is -1.94. The summed E-state index contributed by atoms with van der Waals surface area (Å²) in [6.07, 6.45) is 0. The van der Waals surface area contributed by atoms with Crippen LogP contribution in [0.15, 0.2) is 154 Å². The van der Waals surface area contributed by atoms with Gasteiger partial charge in [0.05, 0.1) is 22.3 Å². The molecule has 4 heteroatoms. The van der Waals surface area contributed by atoms with Crippen LogP contribution in [0.2, 0.25) is 0 Å². The van der Waals surface area contributed by atoms with Gasteiger partial charge in [-0.15, -0.1) is 0 Å². The summed E-state index contributed by atoms with van der Waals surface area (Å²) in [5.74, 6) is 0. The lowest BCUT2D eigenvalue weighted by molar-refractivity contribution is 0.665. The minimum Gasteiger partial charge on any atom is -0.456 e. The van der Waals surface area contributed by atoms with Crippen molar-refractivity contribution in [2.45, 2.75) is 0 Å². The predicted molar refractivity (Wildman–Crippen MR) is 191 cm³/mol. The molecule has 0 atom stereocenters. The molecule has 0 bridgehead atoms. The summed E-state index contributed by atoms with van der Waals surface area (Å²) in [5.41, 5.74) is 10.9. The van der Waals surface area contributed by atoms with Gasteiger partial charge in [0.15, 0.2) is 11.2 Å². The summed E-state index contributed by atoms with van der Waals surface area (Å²) in [7, 11) is 0. The van der Waals surface area contributed by atoms with Crippen molar-refractivity contribution < 1.29 is 8.83 Å². The normalized spacial score (nSPS) is 11.8. The van der Waals surface area contributed by atoms with E-state index in [2.05, 4.69) is 126 Å². The Bertz CT molecular complexity index is 2920. The molecular weight excluding hydrogens is 576 g/mol. The average molecular weight is 601 g/mol. The minimum absolute atomic E-state index is 0.498. The van der Waals surface area contributed by atoms with E-state index in [1.807, 2.05) is 30.3 Å². The molecule has 3 heterocycles. The van der Waals surface area contributed by atoms with E-state index in [0.29, 0.717) is 11.1 Å². The van der Waals surface area contributed by atoms with Crippen LogP contribution in [0.5, 0.6) is 0 Å². The van der Waals surface area contributed by atoms with Crippen molar-refractivity contribution in [3.8, 4) is 34.0 Å². The molecule has 7 aromatic carbocycles. The Labute approximate surface area is 268 Å². The monoisotopic (exact) mass is 600 g/mol. The van der Waals surface area contributed by atoms with Crippen LogP contribution in [-0.2, 0) is 0 Å². The fraction of sp³-hybridized carbons (Fsp3) is 0. The summed E-state index contributed by atoms with van der Waals surface area (Å²) in [4.78, 5) is 0. The number of furan rings is 2. The molecule has 47 heavy (non-hydrogen) atoms. The first kappa shape index (κ1) is 25.7. The van der Waals surface area contributed by atoms with Crippen molar-refractivity contribution in [1.82, 2.24) is 4.57 Å². The van der Waals surface area contributed by atoms with E-state index in [4.69, 9.17) is 8.83 Å². The van der Waals surface area contributed by atoms with Crippen molar-refractivity contribution in [3.63, 3.8) is 0 Å². The fourth-order valence-corrected chi connectivity index (χ4v) is 7.26. The van der Waals surface area contributed by atoms with Crippen LogP contribution in [0.1, 0.15) is 5.56 Å². The van der Waals surface area contributed by atoms with E-state index in [1.54, 1.807) is 0 Å². The lowest BCUT2D eigenvalue weighted by atomic mass is 9.98. The molecule has 0 aliphatic rings. The van der Waals surface area contributed by atoms with Gasteiger partial charge < -0.3 is 13.4 Å². The Balaban J connectivity index is 1.22. The quantitative estimate of drug-likeness (QED) is 0.203. The first-order valence-electron chi connectivity index (χ1n) is 15.7. The number of para-hydroxylation sites is 3. The molecule has 10 aromatic rings. The Morgan fingerprint density at radius 3 is 2.00 bits per heavy atom. The minimum atomic E-state index is 0.498. The Morgan fingerprint density at radius 2 is 1.13 bits per heavy atom. The topological polar surface area (TPSA) is 55.0 Å². The zero-order chi connectivity index (χ0) is 31.1. The first-order valence-corrected chi connectivity index (χ1v) is 15.7. The summed E-state index contributed by atoms with van der Waals surface area (Å²) in [6, 6.07) is 52.7. The Hall–Kier alpha value is -6.57. The molecule has 0 amide bonds. The van der Waals surface area contributed by atoms with Crippen molar-refractivity contribution in [3.05, 3.63) is 151 Å². The molecule has 0 unspecified atom stereocenters. The van der Waals surface area contributed by atoms with E-state index in [1.165, 1.54) is 16.3 Å². The average Bonchev–Trinajstić information content (AvgIpc) is 3.80. The number of rotatable bonds is 3. The number of fused-ring (bicyclic) bond motifs is 9. The van der Waals surface area contributed by atoms with Crippen molar-refractivity contribution >= 4 is 65.7 Å². The number of hydrogen-bond acceptors (Lipinski definition) is 3. The van der Waals surface area contributed by atoms with Crippen molar-refractivity contribution in [1.29, 1.82) is 5.26 Å². The van der Waals surface area contributed by atoms with Gasteiger partial charge in [0.25, 0.3) is 0 Å².